The zero-order valence-electron chi connectivity index (χ0n) is 15.5. The van der Waals surface area contributed by atoms with Gasteiger partial charge in [-0.3, -0.25) is 0 Å². The molecule has 0 radical (unpaired) electrons. The Labute approximate surface area is 153 Å². The summed E-state index contributed by atoms with van der Waals surface area (Å²) >= 11 is 0. The first-order chi connectivity index (χ1) is 11.1. The van der Waals surface area contributed by atoms with Crippen molar-refractivity contribution in [1.29, 1.82) is 0 Å². The minimum Gasteiger partial charge on any atom is -0.454 e. The van der Waals surface area contributed by atoms with Crippen LogP contribution in [0.5, 0.6) is 11.5 Å². The molecule has 5 heteroatoms. The highest BCUT2D eigenvalue weighted by Crippen LogP contribution is 2.36. The van der Waals surface area contributed by atoms with E-state index < -0.39 is 0 Å². The second-order valence-corrected chi connectivity index (χ2v) is 7.12. The molecule has 1 unspecified atom stereocenters. The number of hydrogen-bond donors (Lipinski definition) is 1. The highest BCUT2D eigenvalue weighted by molar-refractivity contribution is 5.85. The lowest BCUT2D eigenvalue weighted by Gasteiger charge is -2.20. The third kappa shape index (κ3) is 6.88. The molecule has 24 heavy (non-hydrogen) atoms. The van der Waals surface area contributed by atoms with Crippen LogP contribution in [-0.4, -0.2) is 45.4 Å². The molecule has 1 aliphatic rings. The summed E-state index contributed by atoms with van der Waals surface area (Å²) in [6.45, 7) is 8.14. The first kappa shape index (κ1) is 21.1. The number of benzene rings is 1. The summed E-state index contributed by atoms with van der Waals surface area (Å²) < 4.78 is 11.0. The lowest BCUT2D eigenvalue weighted by Crippen LogP contribution is -2.27. The summed E-state index contributed by atoms with van der Waals surface area (Å²) in [4.78, 5) is 2.21. The molecule has 0 saturated carbocycles. The van der Waals surface area contributed by atoms with Crippen LogP contribution in [0.1, 0.15) is 44.6 Å². The van der Waals surface area contributed by atoms with Crippen LogP contribution in [0.2, 0.25) is 0 Å². The molecule has 1 aromatic carbocycles. The van der Waals surface area contributed by atoms with Crippen molar-refractivity contribution in [1.82, 2.24) is 10.2 Å². The average Bonchev–Trinajstić information content (AvgIpc) is 2.96. The van der Waals surface area contributed by atoms with Crippen LogP contribution in [0.25, 0.3) is 0 Å². The standard InChI is InChI=1S/C19H32N2O2.ClH/c1-15(2)5-6-16(9-10-20-11-12-21(3)4)17-7-8-18-19(13-17)23-14-22-18;/h7-8,13,15-16,20H,5-6,9-12,14H2,1-4H3;1H. The molecule has 1 N–H and O–H groups in total. The van der Waals surface area contributed by atoms with Gasteiger partial charge in [-0.2, -0.15) is 0 Å². The number of nitrogens with one attached hydrogen (secondary N) is 1. The molecule has 0 bridgehead atoms. The predicted molar refractivity (Wildman–Crippen MR) is 103 cm³/mol. The highest BCUT2D eigenvalue weighted by atomic mass is 35.5. The number of nitrogens with zero attached hydrogens (tertiary/aromatic N) is 1. The van der Waals surface area contributed by atoms with Crippen molar-refractivity contribution in [2.75, 3.05) is 40.5 Å². The van der Waals surface area contributed by atoms with E-state index in [2.05, 4.69) is 56.4 Å². The molecule has 2 rings (SSSR count). The second-order valence-electron chi connectivity index (χ2n) is 7.12. The van der Waals surface area contributed by atoms with Crippen molar-refractivity contribution in [2.45, 2.75) is 39.0 Å². The van der Waals surface area contributed by atoms with Crippen molar-refractivity contribution in [3.05, 3.63) is 23.8 Å². The van der Waals surface area contributed by atoms with E-state index in [-0.39, 0.29) is 12.4 Å². The normalized spacial score (nSPS) is 14.1. The van der Waals surface area contributed by atoms with E-state index >= 15 is 0 Å². The summed E-state index contributed by atoms with van der Waals surface area (Å²) in [6.07, 6.45) is 3.66. The van der Waals surface area contributed by atoms with Gasteiger partial charge < -0.3 is 19.7 Å². The Bertz CT molecular complexity index is 480. The molecule has 0 aromatic heterocycles. The molecule has 4 nitrogen and oxygen atoms in total. The SMILES string of the molecule is CC(C)CCC(CCNCCN(C)C)c1ccc2c(c1)OCO2.Cl. The molecule has 0 saturated heterocycles. The summed E-state index contributed by atoms with van der Waals surface area (Å²) in [7, 11) is 4.22. The Morgan fingerprint density at radius 2 is 1.79 bits per heavy atom. The van der Waals surface area contributed by atoms with Gasteiger partial charge in [0.15, 0.2) is 11.5 Å². The smallest absolute Gasteiger partial charge is 0.231 e. The molecule has 1 atom stereocenters. The van der Waals surface area contributed by atoms with Gasteiger partial charge in [-0.25, -0.2) is 0 Å². The van der Waals surface area contributed by atoms with E-state index in [9.17, 15) is 0 Å². The summed E-state index contributed by atoms with van der Waals surface area (Å²) in [5.41, 5.74) is 1.38. The molecule has 0 fully saturated rings. The van der Waals surface area contributed by atoms with Crippen LogP contribution in [0.3, 0.4) is 0 Å². The molecule has 1 aliphatic heterocycles. The molecule has 1 aromatic rings. The van der Waals surface area contributed by atoms with E-state index in [4.69, 9.17) is 9.47 Å². The van der Waals surface area contributed by atoms with Crippen LogP contribution >= 0.6 is 12.4 Å². The van der Waals surface area contributed by atoms with E-state index in [1.165, 1.54) is 24.8 Å². The first-order valence-corrected chi connectivity index (χ1v) is 8.81. The van der Waals surface area contributed by atoms with Crippen molar-refractivity contribution in [3.8, 4) is 11.5 Å². The van der Waals surface area contributed by atoms with Gasteiger partial charge in [0.1, 0.15) is 0 Å². The number of rotatable bonds is 10. The lowest BCUT2D eigenvalue weighted by molar-refractivity contribution is 0.174. The van der Waals surface area contributed by atoms with Crippen molar-refractivity contribution in [2.24, 2.45) is 5.92 Å². The van der Waals surface area contributed by atoms with Crippen LogP contribution in [0, 0.1) is 5.92 Å². The molecule has 0 spiro atoms. The summed E-state index contributed by atoms with van der Waals surface area (Å²) in [5.74, 6) is 3.10. The van der Waals surface area contributed by atoms with Gasteiger partial charge in [0.05, 0.1) is 0 Å². The average molecular weight is 357 g/mol. The van der Waals surface area contributed by atoms with E-state index in [0.29, 0.717) is 12.7 Å². The van der Waals surface area contributed by atoms with Gasteiger partial charge >= 0.3 is 0 Å². The predicted octanol–water partition coefficient (Wildman–Crippen LogP) is 3.90. The van der Waals surface area contributed by atoms with Crippen LogP contribution in [-0.2, 0) is 0 Å². The fourth-order valence-electron chi connectivity index (χ4n) is 2.88. The molecule has 1 heterocycles. The fourth-order valence-corrected chi connectivity index (χ4v) is 2.88. The van der Waals surface area contributed by atoms with Crippen LogP contribution in [0.15, 0.2) is 18.2 Å². The number of fused-ring (bicyclic) bond motifs is 1. The number of halogens is 1. The second kappa shape index (κ2) is 10.8. The molecule has 0 amide bonds. The maximum absolute atomic E-state index is 5.54. The number of ether oxygens (including phenoxy) is 2. The zero-order chi connectivity index (χ0) is 16.7. The third-order valence-corrected chi connectivity index (χ3v) is 4.37. The van der Waals surface area contributed by atoms with Gasteiger partial charge in [0.2, 0.25) is 6.79 Å². The Morgan fingerprint density at radius 1 is 1.04 bits per heavy atom. The number of hydrogen-bond acceptors (Lipinski definition) is 4. The zero-order valence-corrected chi connectivity index (χ0v) is 16.3. The lowest BCUT2D eigenvalue weighted by atomic mass is 9.88. The van der Waals surface area contributed by atoms with Crippen LogP contribution < -0.4 is 14.8 Å². The maximum atomic E-state index is 5.54. The number of likely N-dealkylation sites (N-methyl/N-ethyl adjacent to an activating group) is 1. The molecule has 0 aliphatic carbocycles. The highest BCUT2D eigenvalue weighted by Gasteiger charge is 2.18. The van der Waals surface area contributed by atoms with Gasteiger partial charge in [-0.05, 0) is 63.0 Å². The van der Waals surface area contributed by atoms with Crippen LogP contribution in [0.4, 0.5) is 0 Å². The van der Waals surface area contributed by atoms with Gasteiger partial charge in [-0.15, -0.1) is 12.4 Å². The first-order valence-electron chi connectivity index (χ1n) is 8.81. The van der Waals surface area contributed by atoms with Crippen molar-refractivity contribution >= 4 is 12.4 Å². The van der Waals surface area contributed by atoms with Gasteiger partial charge in [-0.1, -0.05) is 26.3 Å². The van der Waals surface area contributed by atoms with Gasteiger partial charge in [0.25, 0.3) is 0 Å². The molecular weight excluding hydrogens is 324 g/mol. The molecular formula is C19H33ClN2O2. The largest absolute Gasteiger partial charge is 0.454 e. The van der Waals surface area contributed by atoms with Gasteiger partial charge in [0, 0.05) is 13.1 Å². The van der Waals surface area contributed by atoms with E-state index in [0.717, 1.165) is 37.1 Å². The third-order valence-electron chi connectivity index (χ3n) is 4.37. The Morgan fingerprint density at radius 3 is 2.50 bits per heavy atom. The quantitative estimate of drug-likeness (QED) is 0.645. The fraction of sp³-hybridized carbons (Fsp3) is 0.684. The van der Waals surface area contributed by atoms with E-state index in [1.54, 1.807) is 0 Å². The monoisotopic (exact) mass is 356 g/mol. The van der Waals surface area contributed by atoms with Crippen molar-refractivity contribution < 1.29 is 9.47 Å². The Kier molecular flexibility index (Phi) is 9.49. The Hall–Kier alpha value is -0.970. The van der Waals surface area contributed by atoms with E-state index in [1.807, 2.05) is 0 Å². The minimum atomic E-state index is 0. The Balaban J connectivity index is 0.00000288. The summed E-state index contributed by atoms with van der Waals surface area (Å²) in [6, 6.07) is 6.44. The maximum Gasteiger partial charge on any atom is 0.231 e. The topological polar surface area (TPSA) is 33.7 Å². The molecule has 138 valence electrons. The van der Waals surface area contributed by atoms with Crippen molar-refractivity contribution in [3.63, 3.8) is 0 Å². The minimum absolute atomic E-state index is 0. The summed E-state index contributed by atoms with van der Waals surface area (Å²) in [5, 5.41) is 3.56.